The SMILES string of the molecule is O=S(=O)(Cc1ccc(C(F)(F)F)cc1)Oc1ncc(Cl)cc1Cl. The van der Waals surface area contributed by atoms with Gasteiger partial charge in [-0.1, -0.05) is 35.3 Å². The van der Waals surface area contributed by atoms with Gasteiger partial charge in [0.05, 0.1) is 10.6 Å². The predicted octanol–water partition coefficient (Wildman–Crippen LogP) is 4.32. The van der Waals surface area contributed by atoms with Crippen LogP contribution in [0.5, 0.6) is 5.88 Å². The quantitative estimate of drug-likeness (QED) is 0.735. The van der Waals surface area contributed by atoms with E-state index in [1.807, 2.05) is 0 Å². The topological polar surface area (TPSA) is 56.3 Å². The zero-order chi connectivity index (χ0) is 17.3. The normalized spacial score (nSPS) is 12.2. The maximum Gasteiger partial charge on any atom is 0.416 e. The number of hydrogen-bond donors (Lipinski definition) is 0. The van der Waals surface area contributed by atoms with Crippen LogP contribution >= 0.6 is 23.2 Å². The summed E-state index contributed by atoms with van der Waals surface area (Å²) in [4.78, 5) is 3.64. The largest absolute Gasteiger partial charge is 0.416 e. The molecule has 0 atom stereocenters. The Morgan fingerprint density at radius 2 is 1.74 bits per heavy atom. The van der Waals surface area contributed by atoms with E-state index in [1.54, 1.807) is 0 Å². The molecule has 0 bridgehead atoms. The zero-order valence-electron chi connectivity index (χ0n) is 11.1. The average Bonchev–Trinajstić information content (AvgIpc) is 2.41. The molecule has 0 aliphatic rings. The lowest BCUT2D eigenvalue weighted by Gasteiger charge is -2.09. The molecular weight excluding hydrogens is 378 g/mol. The van der Waals surface area contributed by atoms with E-state index in [0.29, 0.717) is 0 Å². The van der Waals surface area contributed by atoms with Gasteiger partial charge in [0.1, 0.15) is 10.8 Å². The maximum absolute atomic E-state index is 12.4. The van der Waals surface area contributed by atoms with Crippen LogP contribution in [0, 0.1) is 0 Å². The summed E-state index contributed by atoms with van der Waals surface area (Å²) in [6, 6.07) is 4.94. The molecule has 2 aromatic rings. The molecule has 1 aromatic carbocycles. The first kappa shape index (κ1) is 17.8. The second-order valence-electron chi connectivity index (χ2n) is 4.42. The van der Waals surface area contributed by atoms with Crippen LogP contribution in [0.2, 0.25) is 10.0 Å². The number of nitrogens with zero attached hydrogens (tertiary/aromatic N) is 1. The molecule has 0 unspecified atom stereocenters. The Bertz CT molecular complexity index is 808. The van der Waals surface area contributed by atoms with Gasteiger partial charge in [0.15, 0.2) is 0 Å². The molecule has 0 spiro atoms. The molecule has 0 fully saturated rings. The highest BCUT2D eigenvalue weighted by atomic mass is 35.5. The molecule has 0 saturated heterocycles. The van der Waals surface area contributed by atoms with Gasteiger partial charge >= 0.3 is 16.3 Å². The molecule has 23 heavy (non-hydrogen) atoms. The molecule has 0 amide bonds. The number of alkyl halides is 3. The predicted molar refractivity (Wildman–Crippen MR) is 79.0 cm³/mol. The van der Waals surface area contributed by atoms with Gasteiger partial charge in [-0.25, -0.2) is 4.98 Å². The van der Waals surface area contributed by atoms with Gasteiger partial charge < -0.3 is 4.18 Å². The van der Waals surface area contributed by atoms with Crippen molar-refractivity contribution in [2.24, 2.45) is 0 Å². The van der Waals surface area contributed by atoms with Gasteiger partial charge in [-0.15, -0.1) is 0 Å². The third kappa shape index (κ3) is 4.98. The fourth-order valence-electron chi connectivity index (χ4n) is 1.61. The summed E-state index contributed by atoms with van der Waals surface area (Å²) < 4.78 is 65.9. The van der Waals surface area contributed by atoms with E-state index in [2.05, 4.69) is 4.98 Å². The molecule has 0 radical (unpaired) electrons. The van der Waals surface area contributed by atoms with Crippen molar-refractivity contribution in [1.82, 2.24) is 4.98 Å². The third-order valence-corrected chi connectivity index (χ3v) is 4.18. The van der Waals surface area contributed by atoms with Crippen molar-refractivity contribution in [2.75, 3.05) is 0 Å². The van der Waals surface area contributed by atoms with Crippen LogP contribution in [0.15, 0.2) is 36.5 Å². The molecule has 2 rings (SSSR count). The molecule has 4 nitrogen and oxygen atoms in total. The smallest absolute Gasteiger partial charge is 0.360 e. The fraction of sp³-hybridized carbons (Fsp3) is 0.154. The van der Waals surface area contributed by atoms with Gasteiger partial charge in [0.2, 0.25) is 0 Å². The van der Waals surface area contributed by atoms with E-state index >= 15 is 0 Å². The number of pyridine rings is 1. The molecule has 0 aliphatic heterocycles. The van der Waals surface area contributed by atoms with Crippen molar-refractivity contribution in [1.29, 1.82) is 0 Å². The van der Waals surface area contributed by atoms with Crippen LogP contribution in [0.1, 0.15) is 11.1 Å². The molecule has 0 saturated carbocycles. The number of rotatable bonds is 4. The fourth-order valence-corrected chi connectivity index (χ4v) is 3.10. The Kier molecular flexibility index (Phi) is 5.07. The zero-order valence-corrected chi connectivity index (χ0v) is 13.5. The summed E-state index contributed by atoms with van der Waals surface area (Å²) >= 11 is 11.4. The van der Waals surface area contributed by atoms with E-state index in [4.69, 9.17) is 27.4 Å². The Hall–Kier alpha value is -1.51. The lowest BCUT2D eigenvalue weighted by Crippen LogP contribution is -2.13. The second kappa shape index (κ2) is 6.54. The lowest BCUT2D eigenvalue weighted by molar-refractivity contribution is -0.137. The number of hydrogen-bond acceptors (Lipinski definition) is 4. The van der Waals surface area contributed by atoms with Crippen LogP contribution < -0.4 is 4.18 Å². The molecule has 1 heterocycles. The molecule has 10 heteroatoms. The van der Waals surface area contributed by atoms with Crippen LogP contribution in [0.4, 0.5) is 13.2 Å². The minimum absolute atomic E-state index is 0.103. The van der Waals surface area contributed by atoms with Gasteiger partial charge in [0, 0.05) is 6.20 Å². The average molecular weight is 386 g/mol. The summed E-state index contributed by atoms with van der Waals surface area (Å²) in [5, 5.41) is 0.0935. The van der Waals surface area contributed by atoms with E-state index in [9.17, 15) is 21.6 Å². The highest BCUT2D eigenvalue weighted by Gasteiger charge is 2.30. The van der Waals surface area contributed by atoms with Gasteiger partial charge in [-0.05, 0) is 23.8 Å². The van der Waals surface area contributed by atoms with Crippen molar-refractivity contribution in [3.63, 3.8) is 0 Å². The monoisotopic (exact) mass is 385 g/mol. The van der Waals surface area contributed by atoms with Crippen LogP contribution in [0.25, 0.3) is 0 Å². The standard InChI is InChI=1S/C13H8Cl2F3NO3S/c14-10-5-11(15)12(19-6-10)22-23(20,21)7-8-1-3-9(4-2-8)13(16,17)18/h1-6H,7H2. The number of halogens is 5. The van der Waals surface area contributed by atoms with Crippen LogP contribution in [-0.2, 0) is 22.0 Å². The van der Waals surface area contributed by atoms with E-state index in [1.165, 1.54) is 6.07 Å². The summed E-state index contributed by atoms with van der Waals surface area (Å²) in [5.41, 5.74) is -0.745. The Balaban J connectivity index is 2.15. The third-order valence-electron chi connectivity index (χ3n) is 2.60. The lowest BCUT2D eigenvalue weighted by atomic mass is 10.1. The minimum atomic E-state index is -4.49. The van der Waals surface area contributed by atoms with Gasteiger partial charge in [-0.3, -0.25) is 0 Å². The molecule has 124 valence electrons. The highest BCUT2D eigenvalue weighted by Crippen LogP contribution is 2.30. The Labute approximate surface area is 139 Å². The number of aromatic nitrogens is 1. The van der Waals surface area contributed by atoms with Crippen molar-refractivity contribution in [3.05, 3.63) is 57.7 Å². The minimum Gasteiger partial charge on any atom is -0.360 e. The highest BCUT2D eigenvalue weighted by molar-refractivity contribution is 7.86. The maximum atomic E-state index is 12.4. The van der Waals surface area contributed by atoms with Crippen molar-refractivity contribution >= 4 is 33.3 Å². The van der Waals surface area contributed by atoms with E-state index in [-0.39, 0.29) is 21.5 Å². The molecule has 0 N–H and O–H groups in total. The summed E-state index contributed by atoms with van der Waals surface area (Å²) in [6.45, 7) is 0. The van der Waals surface area contributed by atoms with Gasteiger partial charge in [0.25, 0.3) is 5.88 Å². The summed E-state index contributed by atoms with van der Waals surface area (Å²) in [5.74, 6) is -0.992. The first-order chi connectivity index (χ1) is 10.6. The molecular formula is C13H8Cl2F3NO3S. The molecule has 0 aliphatic carbocycles. The Morgan fingerprint density at radius 1 is 1.13 bits per heavy atom. The first-order valence-corrected chi connectivity index (χ1v) is 8.29. The summed E-state index contributed by atoms with van der Waals surface area (Å²) in [7, 11) is -4.14. The number of benzene rings is 1. The second-order valence-corrected chi connectivity index (χ2v) is 6.83. The first-order valence-electron chi connectivity index (χ1n) is 5.96. The van der Waals surface area contributed by atoms with Crippen molar-refractivity contribution in [2.45, 2.75) is 11.9 Å². The van der Waals surface area contributed by atoms with Crippen LogP contribution in [0.3, 0.4) is 0 Å². The summed E-state index contributed by atoms with van der Waals surface area (Å²) in [6.07, 6.45) is -3.34. The van der Waals surface area contributed by atoms with Crippen molar-refractivity contribution < 1.29 is 25.8 Å². The van der Waals surface area contributed by atoms with Crippen LogP contribution in [-0.4, -0.2) is 13.4 Å². The van der Waals surface area contributed by atoms with Gasteiger partial charge in [-0.2, -0.15) is 21.6 Å². The Morgan fingerprint density at radius 3 is 2.26 bits per heavy atom. The van der Waals surface area contributed by atoms with E-state index < -0.39 is 27.6 Å². The molecule has 1 aromatic heterocycles. The van der Waals surface area contributed by atoms with E-state index in [0.717, 1.165) is 30.5 Å². The van der Waals surface area contributed by atoms with Crippen molar-refractivity contribution in [3.8, 4) is 5.88 Å².